The lowest BCUT2D eigenvalue weighted by atomic mass is 9.54. The molecule has 1 aliphatic carbocycles. The Bertz CT molecular complexity index is 1410. The van der Waals surface area contributed by atoms with Gasteiger partial charge in [-0.05, 0) is 58.5 Å². The van der Waals surface area contributed by atoms with Crippen LogP contribution >= 0.6 is 0 Å². The molecule has 240 valence electrons. The maximum absolute atomic E-state index is 12.9. The van der Waals surface area contributed by atoms with E-state index in [0.29, 0.717) is 18.5 Å². The zero-order chi connectivity index (χ0) is 32.7. The minimum atomic E-state index is -2.10. The molecule has 1 aromatic rings. The summed E-state index contributed by atoms with van der Waals surface area (Å²) in [6.07, 6.45) is -6.85. The molecule has 0 amide bonds. The Kier molecular flexibility index (Phi) is 8.96. The number of aryl methyl sites for hydroxylation is 1. The number of aromatic hydroxyl groups is 1. The summed E-state index contributed by atoms with van der Waals surface area (Å²) in [6, 6.07) is 2.85. The molecule has 7 atom stereocenters. The fourth-order valence-electron chi connectivity index (χ4n) is 6.29. The molecular weight excluding hydrogens is 586 g/mol. The number of likely N-dealkylation sites (tertiary alicyclic amines) is 1. The van der Waals surface area contributed by atoms with E-state index in [1.807, 2.05) is 25.8 Å². The van der Waals surface area contributed by atoms with Crippen LogP contribution in [0.4, 0.5) is 0 Å². The van der Waals surface area contributed by atoms with Crippen LogP contribution in [0.1, 0.15) is 50.7 Å². The molecule has 0 saturated carbocycles. The van der Waals surface area contributed by atoms with E-state index in [-0.39, 0.29) is 29.7 Å². The summed E-state index contributed by atoms with van der Waals surface area (Å²) < 4.78 is 21.1. The Morgan fingerprint density at radius 3 is 2.43 bits per heavy atom. The summed E-state index contributed by atoms with van der Waals surface area (Å²) in [5, 5.41) is 50.9. The van der Waals surface area contributed by atoms with Crippen molar-refractivity contribution in [1.29, 1.82) is 0 Å². The highest BCUT2D eigenvalue weighted by Crippen LogP contribution is 2.62. The van der Waals surface area contributed by atoms with Crippen molar-refractivity contribution in [3.05, 3.63) is 35.1 Å². The summed E-state index contributed by atoms with van der Waals surface area (Å²) in [7, 11) is 1.89. The number of benzene rings is 1. The number of carbonyl (C=O) groups is 5. The lowest BCUT2D eigenvalue weighted by Gasteiger charge is -2.58. The topological polar surface area (TPSA) is 227 Å². The Morgan fingerprint density at radius 1 is 1.11 bits per heavy atom. The third-order valence-electron chi connectivity index (χ3n) is 8.71. The lowest BCUT2D eigenvalue weighted by molar-refractivity contribution is -0.181. The minimum Gasteiger partial charge on any atom is -0.504 e. The number of carboxylic acid groups (broad SMARTS) is 2. The first-order chi connectivity index (χ1) is 20.5. The first kappa shape index (κ1) is 32.7. The molecule has 3 aliphatic rings. The van der Waals surface area contributed by atoms with E-state index in [2.05, 4.69) is 4.74 Å². The van der Waals surface area contributed by atoms with Crippen molar-refractivity contribution in [2.45, 2.75) is 87.9 Å². The number of aliphatic hydroxyl groups is 2. The molecule has 4 rings (SSSR count). The molecular formula is C29H35NO14. The van der Waals surface area contributed by atoms with Gasteiger partial charge in [0.15, 0.2) is 29.8 Å². The fourth-order valence-corrected chi connectivity index (χ4v) is 6.29. The number of carbonyl (C=O) groups excluding carboxylic acids is 3. The number of aliphatic carboxylic acids is 2. The van der Waals surface area contributed by atoms with Gasteiger partial charge < -0.3 is 49.4 Å². The van der Waals surface area contributed by atoms with Gasteiger partial charge in [-0.25, -0.2) is 14.4 Å². The number of aliphatic hydroxyl groups excluding tert-OH is 1. The molecule has 2 heterocycles. The summed E-state index contributed by atoms with van der Waals surface area (Å²) in [5.74, 6) is -7.08. The van der Waals surface area contributed by atoms with Gasteiger partial charge in [-0.3, -0.25) is 9.59 Å². The van der Waals surface area contributed by atoms with Gasteiger partial charge in [0.05, 0.1) is 23.9 Å². The first-order valence-electron chi connectivity index (χ1n) is 13.9. The third-order valence-corrected chi connectivity index (χ3v) is 8.71. The van der Waals surface area contributed by atoms with Gasteiger partial charge in [-0.2, -0.15) is 0 Å². The zero-order valence-corrected chi connectivity index (χ0v) is 24.5. The Labute approximate surface area is 251 Å². The van der Waals surface area contributed by atoms with E-state index >= 15 is 0 Å². The van der Waals surface area contributed by atoms with E-state index in [9.17, 15) is 39.3 Å². The van der Waals surface area contributed by atoms with Crippen molar-refractivity contribution < 1.29 is 68.5 Å². The maximum Gasteiger partial charge on any atom is 0.348 e. The van der Waals surface area contributed by atoms with Gasteiger partial charge in [0.2, 0.25) is 6.10 Å². The van der Waals surface area contributed by atoms with Gasteiger partial charge in [0.1, 0.15) is 5.76 Å². The van der Waals surface area contributed by atoms with E-state index in [1.54, 1.807) is 6.07 Å². The summed E-state index contributed by atoms with van der Waals surface area (Å²) in [6.45, 7) is 5.28. The van der Waals surface area contributed by atoms with Gasteiger partial charge in [-0.1, -0.05) is 6.07 Å². The molecule has 1 fully saturated rings. The van der Waals surface area contributed by atoms with E-state index in [4.69, 9.17) is 24.4 Å². The van der Waals surface area contributed by atoms with Crippen LogP contribution in [0.2, 0.25) is 0 Å². The number of phenols is 1. The van der Waals surface area contributed by atoms with Crippen LogP contribution in [-0.4, -0.2) is 110 Å². The standard InChI is InChI=1S/C29H35NO14/c1-13-5-6-16(31)23-22(13)28-9-10-30(4)15(3)29(28,40)8-7-18(24(28)44-23)42-21(35)11-17(32)27(39)41-14(2)26(38)43-19(25(36)37)12-20(33)34/h5-7,14-15,17,19,24,31-32,40H,8-12H2,1-4H3,(H,33,34)(H,36,37)/t14-,15+,17-,19-,24-,28-,29+/m0/s1. The Morgan fingerprint density at radius 2 is 1.80 bits per heavy atom. The fraction of sp³-hybridized carbons (Fsp3) is 0.552. The largest absolute Gasteiger partial charge is 0.504 e. The molecule has 15 heteroatoms. The monoisotopic (exact) mass is 621 g/mol. The van der Waals surface area contributed by atoms with Crippen LogP contribution in [0.25, 0.3) is 0 Å². The highest BCUT2D eigenvalue weighted by atomic mass is 16.6. The maximum atomic E-state index is 12.9. The average Bonchev–Trinajstić information content (AvgIpc) is 3.31. The first-order valence-corrected chi connectivity index (χ1v) is 13.9. The molecule has 1 spiro atoms. The minimum absolute atomic E-state index is 0.0297. The number of likely N-dealkylation sites (N-methyl/N-ethyl adjacent to an activating group) is 1. The third kappa shape index (κ3) is 5.57. The number of hydrogen-bond acceptors (Lipinski definition) is 13. The van der Waals surface area contributed by atoms with Crippen molar-refractivity contribution in [3.63, 3.8) is 0 Å². The van der Waals surface area contributed by atoms with Gasteiger partial charge in [0.25, 0.3) is 0 Å². The molecule has 0 aromatic heterocycles. The number of fused-ring (bicyclic) bond motifs is 1. The number of piperidine rings is 1. The predicted molar refractivity (Wildman–Crippen MR) is 145 cm³/mol. The van der Waals surface area contributed by atoms with Gasteiger partial charge in [-0.15, -0.1) is 0 Å². The van der Waals surface area contributed by atoms with E-state index in [0.717, 1.165) is 12.5 Å². The van der Waals surface area contributed by atoms with Crippen LogP contribution in [0.15, 0.2) is 24.0 Å². The number of rotatable bonds is 10. The van der Waals surface area contributed by atoms with Crippen LogP contribution < -0.4 is 4.74 Å². The molecule has 0 radical (unpaired) electrons. The van der Waals surface area contributed by atoms with Gasteiger partial charge in [0, 0.05) is 18.0 Å². The number of nitrogens with zero attached hydrogens (tertiary/aromatic N) is 1. The van der Waals surface area contributed by atoms with Crippen molar-refractivity contribution >= 4 is 29.8 Å². The lowest BCUT2D eigenvalue weighted by Crippen LogP contribution is -2.71. The van der Waals surface area contributed by atoms with E-state index in [1.165, 1.54) is 12.1 Å². The smallest absolute Gasteiger partial charge is 0.348 e. The highest BCUT2D eigenvalue weighted by molar-refractivity contribution is 5.87. The SMILES string of the molecule is Cc1ccc(O)c2c1[C@]13CCN(C)[C@H](C)[C@]1(O)CC=C(OC(=O)C[C@H](O)C(=O)O[C@@H](C)C(=O)O[C@@H](CC(=O)O)C(=O)O)[C@@H]3O2. The van der Waals surface area contributed by atoms with Crippen LogP contribution in [0, 0.1) is 6.92 Å². The van der Waals surface area contributed by atoms with Crippen LogP contribution in [0.5, 0.6) is 11.5 Å². The summed E-state index contributed by atoms with van der Waals surface area (Å²) >= 11 is 0. The zero-order valence-electron chi connectivity index (χ0n) is 24.5. The summed E-state index contributed by atoms with van der Waals surface area (Å²) in [5.41, 5.74) is -1.08. The van der Waals surface area contributed by atoms with Gasteiger partial charge >= 0.3 is 29.8 Å². The molecule has 1 saturated heterocycles. The van der Waals surface area contributed by atoms with E-state index < -0.39 is 78.1 Å². The number of carboxylic acids is 2. The molecule has 44 heavy (non-hydrogen) atoms. The molecule has 15 nitrogen and oxygen atoms in total. The number of ether oxygens (including phenoxy) is 4. The summed E-state index contributed by atoms with van der Waals surface area (Å²) in [4.78, 5) is 61.3. The second-order valence-corrected chi connectivity index (χ2v) is 11.4. The highest BCUT2D eigenvalue weighted by Gasteiger charge is 2.69. The predicted octanol–water partition coefficient (Wildman–Crippen LogP) is 0.139. The molecule has 0 unspecified atom stereocenters. The second kappa shape index (κ2) is 12.1. The Hall–Kier alpha value is -4.21. The molecule has 2 aliphatic heterocycles. The molecule has 1 aromatic carbocycles. The van der Waals surface area contributed by atoms with Crippen LogP contribution in [-0.2, 0) is 43.6 Å². The van der Waals surface area contributed by atoms with Crippen molar-refractivity contribution in [2.75, 3.05) is 13.6 Å². The second-order valence-electron chi connectivity index (χ2n) is 11.4. The average molecular weight is 622 g/mol. The normalized spacial score (nSPS) is 27.6. The van der Waals surface area contributed by atoms with Crippen molar-refractivity contribution in [2.24, 2.45) is 0 Å². The molecule has 0 bridgehead atoms. The quantitative estimate of drug-likeness (QED) is 0.173. The number of phenolic OH excluding ortho intramolecular Hbond substituents is 1. The number of hydrogen-bond donors (Lipinski definition) is 5. The molecule has 5 N–H and O–H groups in total. The van der Waals surface area contributed by atoms with Crippen molar-refractivity contribution in [3.8, 4) is 11.5 Å². The Balaban J connectivity index is 1.47. The van der Waals surface area contributed by atoms with Crippen LogP contribution in [0.3, 0.4) is 0 Å². The number of esters is 3. The van der Waals surface area contributed by atoms with Crippen molar-refractivity contribution in [1.82, 2.24) is 4.90 Å².